The van der Waals surface area contributed by atoms with Crippen molar-refractivity contribution < 1.29 is 14.3 Å². The summed E-state index contributed by atoms with van der Waals surface area (Å²) in [6, 6.07) is 30.0. The molecule has 146 valence electrons. The lowest BCUT2D eigenvalue weighted by molar-refractivity contribution is -0.148. The van der Waals surface area contributed by atoms with Crippen LogP contribution in [0.2, 0.25) is 0 Å². The fourth-order valence-corrected chi connectivity index (χ4v) is 4.03. The van der Waals surface area contributed by atoms with Gasteiger partial charge in [-0.2, -0.15) is 0 Å². The zero-order valence-electron chi connectivity index (χ0n) is 16.2. The Morgan fingerprint density at radius 1 is 0.800 bits per heavy atom. The summed E-state index contributed by atoms with van der Waals surface area (Å²) in [6.45, 7) is 0.0975. The van der Waals surface area contributed by atoms with Crippen molar-refractivity contribution in [2.75, 3.05) is 5.32 Å². The number of benzene rings is 4. The number of Topliss-reactive ketones (excluding diaryl/α,β-unsaturated/α-hetero) is 1. The van der Waals surface area contributed by atoms with Crippen LogP contribution in [-0.4, -0.2) is 11.8 Å². The van der Waals surface area contributed by atoms with Crippen LogP contribution in [-0.2, 0) is 21.7 Å². The van der Waals surface area contributed by atoms with Gasteiger partial charge in [0.25, 0.3) is 0 Å². The van der Waals surface area contributed by atoms with Gasteiger partial charge in [0.05, 0.1) is 5.69 Å². The molecule has 1 N–H and O–H groups in total. The maximum Gasteiger partial charge on any atom is 0.345 e. The van der Waals surface area contributed by atoms with Crippen LogP contribution in [0.3, 0.4) is 0 Å². The van der Waals surface area contributed by atoms with Gasteiger partial charge < -0.3 is 10.1 Å². The molecule has 4 nitrogen and oxygen atoms in total. The number of ketones is 1. The van der Waals surface area contributed by atoms with E-state index in [1.807, 2.05) is 78.9 Å². The molecule has 30 heavy (non-hydrogen) atoms. The molecule has 0 aliphatic carbocycles. The van der Waals surface area contributed by atoms with E-state index in [0.717, 1.165) is 16.3 Å². The van der Waals surface area contributed by atoms with Gasteiger partial charge in [-0.1, -0.05) is 91.0 Å². The number of carbonyl (C=O) groups is 2. The van der Waals surface area contributed by atoms with Gasteiger partial charge in [-0.15, -0.1) is 0 Å². The molecule has 0 fully saturated rings. The molecule has 1 aliphatic rings. The second-order valence-electron chi connectivity index (χ2n) is 7.34. The molecule has 1 heterocycles. The van der Waals surface area contributed by atoms with E-state index < -0.39 is 11.5 Å². The van der Waals surface area contributed by atoms with E-state index in [-0.39, 0.29) is 12.4 Å². The van der Waals surface area contributed by atoms with Gasteiger partial charge in [0.15, 0.2) is 0 Å². The maximum atomic E-state index is 13.7. The van der Waals surface area contributed by atoms with Gasteiger partial charge >= 0.3 is 5.97 Å². The zero-order valence-corrected chi connectivity index (χ0v) is 16.2. The molecule has 0 saturated heterocycles. The lowest BCUT2D eigenvalue weighted by Crippen LogP contribution is -2.47. The normalized spacial score (nSPS) is 17.4. The first-order valence-corrected chi connectivity index (χ1v) is 9.81. The third-order valence-electron chi connectivity index (χ3n) is 5.55. The maximum absolute atomic E-state index is 13.7. The van der Waals surface area contributed by atoms with Crippen LogP contribution in [0.25, 0.3) is 10.8 Å². The molecule has 4 aromatic carbocycles. The number of rotatable bonds is 4. The Morgan fingerprint density at radius 3 is 2.23 bits per heavy atom. The number of anilines is 1. The summed E-state index contributed by atoms with van der Waals surface area (Å²) >= 11 is 0. The van der Waals surface area contributed by atoms with Gasteiger partial charge in [0, 0.05) is 10.9 Å². The number of hydrogen-bond acceptors (Lipinski definition) is 4. The van der Waals surface area contributed by atoms with Crippen molar-refractivity contribution >= 4 is 28.2 Å². The van der Waals surface area contributed by atoms with Gasteiger partial charge in [-0.25, -0.2) is 4.79 Å². The second kappa shape index (κ2) is 7.16. The van der Waals surface area contributed by atoms with Crippen LogP contribution >= 0.6 is 0 Å². The quantitative estimate of drug-likeness (QED) is 0.388. The molecular formula is C26H19NO3. The molecule has 0 spiro atoms. The van der Waals surface area contributed by atoms with E-state index in [4.69, 9.17) is 4.74 Å². The van der Waals surface area contributed by atoms with E-state index >= 15 is 0 Å². The Kier molecular flexibility index (Phi) is 4.32. The summed E-state index contributed by atoms with van der Waals surface area (Å²) in [7, 11) is 0. The topological polar surface area (TPSA) is 55.4 Å². The fraction of sp³-hybridized carbons (Fsp3) is 0.0769. The minimum absolute atomic E-state index is 0.0975. The zero-order chi connectivity index (χ0) is 20.6. The second-order valence-corrected chi connectivity index (χ2v) is 7.34. The van der Waals surface area contributed by atoms with Crippen LogP contribution in [0.1, 0.15) is 21.5 Å². The molecule has 0 bridgehead atoms. The van der Waals surface area contributed by atoms with Crippen LogP contribution in [0, 0.1) is 0 Å². The predicted molar refractivity (Wildman–Crippen MR) is 116 cm³/mol. The van der Waals surface area contributed by atoms with Gasteiger partial charge in [-0.05, 0) is 22.6 Å². The van der Waals surface area contributed by atoms with E-state index in [1.54, 1.807) is 18.2 Å². The van der Waals surface area contributed by atoms with Crippen molar-refractivity contribution in [3.63, 3.8) is 0 Å². The van der Waals surface area contributed by atoms with Crippen molar-refractivity contribution in [3.8, 4) is 0 Å². The highest BCUT2D eigenvalue weighted by molar-refractivity contribution is 6.27. The molecule has 0 radical (unpaired) electrons. The number of fused-ring (bicyclic) bond motifs is 3. The average Bonchev–Trinajstić information content (AvgIpc) is 3.12. The highest BCUT2D eigenvalue weighted by Gasteiger charge is 2.54. The van der Waals surface area contributed by atoms with E-state index in [0.29, 0.717) is 16.8 Å². The minimum Gasteiger partial charge on any atom is -0.458 e. The minimum atomic E-state index is -1.61. The van der Waals surface area contributed by atoms with Gasteiger partial charge in [-0.3, -0.25) is 4.79 Å². The van der Waals surface area contributed by atoms with Crippen molar-refractivity contribution in [1.29, 1.82) is 0 Å². The first-order valence-electron chi connectivity index (χ1n) is 9.81. The van der Waals surface area contributed by atoms with Crippen LogP contribution in [0.5, 0.6) is 0 Å². The number of esters is 1. The Morgan fingerprint density at radius 2 is 1.47 bits per heavy atom. The monoisotopic (exact) mass is 393 g/mol. The molecule has 4 aromatic rings. The Bertz CT molecular complexity index is 1250. The Balaban J connectivity index is 1.60. The third kappa shape index (κ3) is 2.77. The number of ether oxygens (including phenoxy) is 1. The molecule has 1 atom stereocenters. The number of hydrogen-bond donors (Lipinski definition) is 1. The molecule has 0 unspecified atom stereocenters. The SMILES string of the molecule is O=C(OCc1ccccc1)[C@]1(c2ccccc2)Nc2c(ccc3ccccc23)C1=O. The van der Waals surface area contributed by atoms with Gasteiger partial charge in [0.2, 0.25) is 11.3 Å². The van der Waals surface area contributed by atoms with Crippen LogP contribution in [0.4, 0.5) is 5.69 Å². The average molecular weight is 393 g/mol. The summed E-state index contributed by atoms with van der Waals surface area (Å²) < 4.78 is 5.66. The highest BCUT2D eigenvalue weighted by Crippen LogP contribution is 2.43. The first-order chi connectivity index (χ1) is 14.7. The Labute approximate surface area is 174 Å². The van der Waals surface area contributed by atoms with Crippen molar-refractivity contribution in [2.24, 2.45) is 0 Å². The standard InChI is InChI=1S/C26H19NO3/c28-24-22-16-15-19-11-7-8-14-21(19)23(22)27-26(24,20-12-5-2-6-13-20)25(29)30-17-18-9-3-1-4-10-18/h1-16,27H,17H2/t26-/m1/s1. The summed E-state index contributed by atoms with van der Waals surface area (Å²) in [5.41, 5.74) is 0.978. The lowest BCUT2D eigenvalue weighted by Gasteiger charge is -2.27. The van der Waals surface area contributed by atoms with Gasteiger partial charge in [0.1, 0.15) is 6.61 Å². The summed E-state index contributed by atoms with van der Waals surface area (Å²) in [6.07, 6.45) is 0. The van der Waals surface area contributed by atoms with Crippen molar-refractivity contribution in [2.45, 2.75) is 12.1 Å². The molecule has 0 saturated carbocycles. The summed E-state index contributed by atoms with van der Waals surface area (Å²) in [5, 5.41) is 5.17. The third-order valence-corrected chi connectivity index (χ3v) is 5.55. The lowest BCUT2D eigenvalue weighted by atomic mass is 9.85. The molecular weight excluding hydrogens is 374 g/mol. The van der Waals surface area contributed by atoms with Crippen molar-refractivity contribution in [1.82, 2.24) is 0 Å². The summed E-state index contributed by atoms with van der Waals surface area (Å²) in [4.78, 5) is 27.1. The van der Waals surface area contributed by atoms with E-state index in [9.17, 15) is 9.59 Å². The molecule has 1 aliphatic heterocycles. The Hall–Kier alpha value is -3.92. The molecule has 0 aromatic heterocycles. The number of nitrogens with one attached hydrogen (secondary N) is 1. The van der Waals surface area contributed by atoms with Crippen LogP contribution < -0.4 is 5.32 Å². The predicted octanol–water partition coefficient (Wildman–Crippen LogP) is 5.09. The highest BCUT2D eigenvalue weighted by atomic mass is 16.5. The smallest absolute Gasteiger partial charge is 0.345 e. The first kappa shape index (κ1) is 18.1. The fourth-order valence-electron chi connectivity index (χ4n) is 4.03. The summed E-state index contributed by atoms with van der Waals surface area (Å²) in [5.74, 6) is -0.907. The molecule has 4 heteroatoms. The largest absolute Gasteiger partial charge is 0.458 e. The van der Waals surface area contributed by atoms with Crippen LogP contribution in [0.15, 0.2) is 97.1 Å². The van der Waals surface area contributed by atoms with Crippen molar-refractivity contribution in [3.05, 3.63) is 114 Å². The van der Waals surface area contributed by atoms with E-state index in [2.05, 4.69) is 5.32 Å². The number of carbonyl (C=O) groups excluding carboxylic acids is 2. The van der Waals surface area contributed by atoms with E-state index in [1.165, 1.54) is 0 Å². The molecule has 5 rings (SSSR count). The molecule has 0 amide bonds.